The fourth-order valence-corrected chi connectivity index (χ4v) is 2.77. The lowest BCUT2D eigenvalue weighted by molar-refractivity contribution is 0.425. The molecular formula is C8H6BClO2S2. The van der Waals surface area contributed by atoms with Gasteiger partial charge in [-0.25, -0.2) is 0 Å². The molecule has 0 fully saturated rings. The van der Waals surface area contributed by atoms with Gasteiger partial charge in [0.15, 0.2) is 0 Å². The van der Waals surface area contributed by atoms with Crippen LogP contribution in [0.3, 0.4) is 0 Å². The second-order valence-corrected chi connectivity index (χ2v) is 4.63. The van der Waals surface area contributed by atoms with Gasteiger partial charge in [-0.05, 0) is 22.9 Å². The number of hydrogen-bond acceptors (Lipinski definition) is 4. The largest absolute Gasteiger partial charge is 0.490 e. The normalized spacial score (nSPS) is 10.9. The number of benzene rings is 1. The van der Waals surface area contributed by atoms with Gasteiger partial charge in [-0.2, -0.15) is 0 Å². The minimum Gasteiger partial charge on any atom is -0.423 e. The summed E-state index contributed by atoms with van der Waals surface area (Å²) in [5.41, 5.74) is 0.372. The number of fused-ring (bicyclic) bond motifs is 1. The molecule has 1 heterocycles. The maximum Gasteiger partial charge on any atom is 0.490 e. The Morgan fingerprint density at radius 3 is 2.79 bits per heavy atom. The fraction of sp³-hybridized carbons (Fsp3) is 0. The third-order valence-corrected chi connectivity index (χ3v) is 3.76. The van der Waals surface area contributed by atoms with Gasteiger partial charge >= 0.3 is 7.12 Å². The van der Waals surface area contributed by atoms with Crippen LogP contribution in [0.5, 0.6) is 0 Å². The van der Waals surface area contributed by atoms with Crippen molar-refractivity contribution in [1.29, 1.82) is 0 Å². The van der Waals surface area contributed by atoms with Crippen LogP contribution in [-0.4, -0.2) is 17.2 Å². The summed E-state index contributed by atoms with van der Waals surface area (Å²) < 4.78 is 0.927. The van der Waals surface area contributed by atoms with E-state index in [1.54, 1.807) is 6.07 Å². The first-order chi connectivity index (χ1) is 6.61. The summed E-state index contributed by atoms with van der Waals surface area (Å²) >= 11 is 11.6. The molecule has 0 aliphatic rings. The fourth-order valence-electron chi connectivity index (χ4n) is 1.36. The van der Waals surface area contributed by atoms with Crippen LogP contribution in [0.25, 0.3) is 10.1 Å². The smallest absolute Gasteiger partial charge is 0.423 e. The number of rotatable bonds is 1. The average molecular weight is 245 g/mol. The van der Waals surface area contributed by atoms with Crippen LogP contribution in [0, 0.1) is 0 Å². The summed E-state index contributed by atoms with van der Waals surface area (Å²) in [6.07, 6.45) is 0. The lowest BCUT2D eigenvalue weighted by Crippen LogP contribution is -2.31. The summed E-state index contributed by atoms with van der Waals surface area (Å²) in [4.78, 5) is 0.424. The van der Waals surface area contributed by atoms with E-state index in [0.717, 1.165) is 10.1 Å². The zero-order valence-corrected chi connectivity index (χ0v) is 9.40. The quantitative estimate of drug-likeness (QED) is 0.526. The van der Waals surface area contributed by atoms with Crippen molar-refractivity contribution in [3.8, 4) is 0 Å². The minimum atomic E-state index is -1.54. The second-order valence-electron chi connectivity index (χ2n) is 2.83. The Morgan fingerprint density at radius 2 is 2.14 bits per heavy atom. The van der Waals surface area contributed by atoms with Crippen LogP contribution in [0.4, 0.5) is 0 Å². The summed E-state index contributed by atoms with van der Waals surface area (Å²) in [6, 6.07) is 3.60. The lowest BCUT2D eigenvalue weighted by atomic mass is 9.78. The Balaban J connectivity index is 2.86. The maximum absolute atomic E-state index is 9.20. The first-order valence-electron chi connectivity index (χ1n) is 3.86. The summed E-state index contributed by atoms with van der Waals surface area (Å²) in [7, 11) is -1.54. The number of thiol groups is 1. The van der Waals surface area contributed by atoms with Gasteiger partial charge in [-0.3, -0.25) is 0 Å². The first-order valence-corrected chi connectivity index (χ1v) is 5.56. The molecule has 72 valence electrons. The monoisotopic (exact) mass is 244 g/mol. The molecule has 14 heavy (non-hydrogen) atoms. The molecule has 2 aromatic rings. The van der Waals surface area contributed by atoms with Crippen molar-refractivity contribution in [2.45, 2.75) is 4.90 Å². The van der Waals surface area contributed by atoms with Crippen molar-refractivity contribution in [3.05, 3.63) is 22.5 Å². The highest BCUT2D eigenvalue weighted by Crippen LogP contribution is 2.28. The van der Waals surface area contributed by atoms with Crippen molar-refractivity contribution in [2.75, 3.05) is 0 Å². The Hall–Kier alpha value is -0.195. The highest BCUT2D eigenvalue weighted by atomic mass is 35.5. The topological polar surface area (TPSA) is 40.5 Å². The lowest BCUT2D eigenvalue weighted by Gasteiger charge is -2.07. The van der Waals surface area contributed by atoms with Gasteiger partial charge in [-0.1, -0.05) is 11.6 Å². The van der Waals surface area contributed by atoms with E-state index in [1.165, 1.54) is 11.3 Å². The molecule has 0 spiro atoms. The van der Waals surface area contributed by atoms with Gasteiger partial charge in [0.1, 0.15) is 0 Å². The van der Waals surface area contributed by atoms with Gasteiger partial charge in [0, 0.05) is 15.1 Å². The van der Waals surface area contributed by atoms with Gasteiger partial charge in [0.05, 0.1) is 5.02 Å². The Morgan fingerprint density at radius 1 is 1.43 bits per heavy atom. The SMILES string of the molecule is OB(O)c1c(S)c(Cl)cc2sccc12. The second kappa shape index (κ2) is 3.75. The molecular weight excluding hydrogens is 238 g/mol. The summed E-state index contributed by atoms with van der Waals surface area (Å²) in [6.45, 7) is 0. The highest BCUT2D eigenvalue weighted by molar-refractivity contribution is 7.80. The molecule has 1 aromatic carbocycles. The van der Waals surface area contributed by atoms with Crippen molar-refractivity contribution >= 4 is 58.2 Å². The molecule has 2 rings (SSSR count). The van der Waals surface area contributed by atoms with Crippen molar-refractivity contribution in [3.63, 3.8) is 0 Å². The van der Waals surface area contributed by atoms with Gasteiger partial charge in [0.25, 0.3) is 0 Å². The molecule has 6 heteroatoms. The van der Waals surface area contributed by atoms with Crippen molar-refractivity contribution < 1.29 is 10.0 Å². The Bertz CT molecular complexity index is 483. The minimum absolute atomic E-state index is 0.372. The maximum atomic E-state index is 9.20. The van der Waals surface area contributed by atoms with Crippen LogP contribution in [0.2, 0.25) is 5.02 Å². The number of halogens is 1. The van der Waals surface area contributed by atoms with Crippen LogP contribution in [-0.2, 0) is 0 Å². The zero-order chi connectivity index (χ0) is 10.3. The third-order valence-electron chi connectivity index (χ3n) is 1.98. The molecule has 0 amide bonds. The predicted molar refractivity (Wildman–Crippen MR) is 63.9 cm³/mol. The van der Waals surface area contributed by atoms with E-state index in [0.29, 0.717) is 15.4 Å². The predicted octanol–water partition coefficient (Wildman–Crippen LogP) is 1.52. The van der Waals surface area contributed by atoms with E-state index in [-0.39, 0.29) is 0 Å². The Kier molecular flexibility index (Phi) is 2.77. The highest BCUT2D eigenvalue weighted by Gasteiger charge is 2.20. The van der Waals surface area contributed by atoms with E-state index in [4.69, 9.17) is 11.6 Å². The van der Waals surface area contributed by atoms with Crippen LogP contribution < -0.4 is 5.46 Å². The van der Waals surface area contributed by atoms with Crippen LogP contribution in [0.1, 0.15) is 0 Å². The zero-order valence-electron chi connectivity index (χ0n) is 6.94. The molecule has 2 N–H and O–H groups in total. The molecule has 0 atom stereocenters. The molecule has 0 radical (unpaired) electrons. The van der Waals surface area contributed by atoms with E-state index in [2.05, 4.69) is 12.6 Å². The molecule has 0 saturated carbocycles. The van der Waals surface area contributed by atoms with Crippen molar-refractivity contribution in [2.24, 2.45) is 0 Å². The van der Waals surface area contributed by atoms with Gasteiger partial charge in [0.2, 0.25) is 0 Å². The van der Waals surface area contributed by atoms with E-state index >= 15 is 0 Å². The van der Waals surface area contributed by atoms with Crippen LogP contribution in [0.15, 0.2) is 22.4 Å². The third kappa shape index (κ3) is 1.55. The van der Waals surface area contributed by atoms with Crippen LogP contribution >= 0.6 is 35.6 Å². The van der Waals surface area contributed by atoms with E-state index < -0.39 is 7.12 Å². The molecule has 2 nitrogen and oxygen atoms in total. The van der Waals surface area contributed by atoms with Crippen molar-refractivity contribution in [1.82, 2.24) is 0 Å². The number of thiophene rings is 1. The molecule has 0 bridgehead atoms. The molecule has 0 aliphatic carbocycles. The molecule has 1 aromatic heterocycles. The average Bonchev–Trinajstić information content (AvgIpc) is 2.52. The molecule has 0 saturated heterocycles. The van der Waals surface area contributed by atoms with Gasteiger partial charge in [-0.15, -0.1) is 24.0 Å². The molecule has 0 unspecified atom stereocenters. The number of hydrogen-bond donors (Lipinski definition) is 3. The standard InChI is InChI=1S/C8H6BClO2S2/c10-5-3-6-4(1-2-14-6)7(8(5)13)9(11)12/h1-3,11-13H. The van der Waals surface area contributed by atoms with Gasteiger partial charge < -0.3 is 10.0 Å². The summed E-state index contributed by atoms with van der Waals surface area (Å²) in [5, 5.41) is 21.5. The Labute approximate surface area is 95.7 Å². The molecule has 0 aliphatic heterocycles. The summed E-state index contributed by atoms with van der Waals surface area (Å²) in [5.74, 6) is 0. The first kappa shape index (κ1) is 10.3. The van der Waals surface area contributed by atoms with E-state index in [9.17, 15) is 10.0 Å². The van der Waals surface area contributed by atoms with E-state index in [1.807, 2.05) is 11.4 Å².